The third-order valence-electron chi connectivity index (χ3n) is 1.54. The number of hydrogen-bond donors (Lipinski definition) is 2. The predicted molar refractivity (Wildman–Crippen MR) is 48.5 cm³/mol. The Morgan fingerprint density at radius 2 is 2.33 bits per heavy atom. The normalized spacial score (nSPS) is 13.2. The van der Waals surface area contributed by atoms with E-state index in [0.29, 0.717) is 10.7 Å². The van der Waals surface area contributed by atoms with Crippen molar-refractivity contribution in [3.8, 4) is 0 Å². The molecule has 0 spiro atoms. The van der Waals surface area contributed by atoms with Crippen molar-refractivity contribution in [2.24, 2.45) is 5.92 Å². The van der Waals surface area contributed by atoms with Gasteiger partial charge in [0.05, 0.1) is 0 Å². The molecule has 1 unspecified atom stereocenters. The van der Waals surface area contributed by atoms with Gasteiger partial charge in [-0.25, -0.2) is 4.98 Å². The largest absolute Gasteiger partial charge is 0.384 e. The molecule has 2 N–H and O–H groups in total. The topological polar surface area (TPSA) is 53.7 Å². The molecule has 0 aliphatic rings. The van der Waals surface area contributed by atoms with Crippen molar-refractivity contribution in [1.82, 2.24) is 15.2 Å². The van der Waals surface area contributed by atoms with Crippen molar-refractivity contribution < 1.29 is 4.74 Å². The van der Waals surface area contributed by atoms with Crippen molar-refractivity contribution in [3.05, 3.63) is 10.6 Å². The number of rotatable bonds is 4. The summed E-state index contributed by atoms with van der Waals surface area (Å²) in [6.45, 7) is 2.85. The average molecular weight is 187 g/mol. The molecule has 1 rings (SSSR count). The van der Waals surface area contributed by atoms with Gasteiger partial charge in [-0.3, -0.25) is 10.2 Å². The maximum absolute atomic E-state index is 5.00. The lowest BCUT2D eigenvalue weighted by Gasteiger charge is -2.06. The molecule has 5 heteroatoms. The van der Waals surface area contributed by atoms with Gasteiger partial charge in [0, 0.05) is 20.1 Å². The van der Waals surface area contributed by atoms with Gasteiger partial charge in [-0.15, -0.1) is 0 Å². The number of aromatic nitrogens is 3. The molecule has 1 aromatic heterocycles. The van der Waals surface area contributed by atoms with Gasteiger partial charge in [0.1, 0.15) is 5.82 Å². The van der Waals surface area contributed by atoms with Crippen LogP contribution in [0, 0.1) is 10.7 Å². The molecule has 12 heavy (non-hydrogen) atoms. The lowest BCUT2D eigenvalue weighted by atomic mass is 10.1. The molecule has 68 valence electrons. The molecule has 0 saturated carbocycles. The number of nitrogens with one attached hydrogen (secondary N) is 2. The minimum absolute atomic E-state index is 0.462. The van der Waals surface area contributed by atoms with Crippen molar-refractivity contribution in [2.75, 3.05) is 13.7 Å². The van der Waals surface area contributed by atoms with Crippen LogP contribution >= 0.6 is 12.2 Å². The summed E-state index contributed by atoms with van der Waals surface area (Å²) in [5, 5.41) is 5.65. The molecular formula is C7H13N3OS. The van der Waals surface area contributed by atoms with Crippen LogP contribution in [0.1, 0.15) is 12.7 Å². The van der Waals surface area contributed by atoms with Gasteiger partial charge >= 0.3 is 0 Å². The van der Waals surface area contributed by atoms with Crippen molar-refractivity contribution in [1.29, 1.82) is 0 Å². The van der Waals surface area contributed by atoms with E-state index in [4.69, 9.17) is 17.0 Å². The maximum Gasteiger partial charge on any atom is 0.213 e. The van der Waals surface area contributed by atoms with E-state index in [1.54, 1.807) is 7.11 Å². The molecule has 0 aliphatic heterocycles. The Labute approximate surface area is 76.3 Å². The van der Waals surface area contributed by atoms with E-state index < -0.39 is 0 Å². The summed E-state index contributed by atoms with van der Waals surface area (Å²) in [6.07, 6.45) is 0.862. The van der Waals surface area contributed by atoms with Crippen LogP contribution in [-0.2, 0) is 11.2 Å². The van der Waals surface area contributed by atoms with Crippen molar-refractivity contribution >= 4 is 12.2 Å². The van der Waals surface area contributed by atoms with Crippen LogP contribution in [0.5, 0.6) is 0 Å². The SMILES string of the molecule is COCC(C)Cc1nc(=S)[nH][nH]1. The van der Waals surface area contributed by atoms with E-state index in [1.165, 1.54) is 0 Å². The third-order valence-corrected chi connectivity index (χ3v) is 1.74. The molecule has 0 aliphatic carbocycles. The quantitative estimate of drug-likeness (QED) is 0.698. The van der Waals surface area contributed by atoms with E-state index in [1.807, 2.05) is 0 Å². The van der Waals surface area contributed by atoms with Crippen LogP contribution in [0.2, 0.25) is 0 Å². The van der Waals surface area contributed by atoms with E-state index in [-0.39, 0.29) is 0 Å². The second-order valence-electron chi connectivity index (χ2n) is 2.88. The average Bonchev–Trinajstić information content (AvgIpc) is 2.36. The Morgan fingerprint density at radius 3 is 2.83 bits per heavy atom. The van der Waals surface area contributed by atoms with Gasteiger partial charge < -0.3 is 4.74 Å². The third kappa shape index (κ3) is 2.75. The van der Waals surface area contributed by atoms with E-state index in [9.17, 15) is 0 Å². The molecule has 0 radical (unpaired) electrons. The lowest BCUT2D eigenvalue weighted by molar-refractivity contribution is 0.159. The minimum Gasteiger partial charge on any atom is -0.384 e. The van der Waals surface area contributed by atoms with Crippen LogP contribution < -0.4 is 0 Å². The molecule has 4 nitrogen and oxygen atoms in total. The first-order valence-electron chi connectivity index (χ1n) is 3.85. The summed E-state index contributed by atoms with van der Waals surface area (Å²) < 4.78 is 5.51. The van der Waals surface area contributed by atoms with Crippen LogP contribution in [0.4, 0.5) is 0 Å². The first kappa shape index (κ1) is 9.41. The molecule has 0 aromatic carbocycles. The fourth-order valence-electron chi connectivity index (χ4n) is 1.07. The highest BCUT2D eigenvalue weighted by Gasteiger charge is 2.04. The van der Waals surface area contributed by atoms with Gasteiger partial charge in [-0.2, -0.15) is 0 Å². The zero-order chi connectivity index (χ0) is 8.97. The zero-order valence-electron chi connectivity index (χ0n) is 7.26. The molecule has 1 heterocycles. The molecular weight excluding hydrogens is 174 g/mol. The molecule has 1 aromatic rings. The molecule has 1 atom stereocenters. The van der Waals surface area contributed by atoms with E-state index >= 15 is 0 Å². The molecule has 0 amide bonds. The summed E-state index contributed by atoms with van der Waals surface area (Å²) in [5.74, 6) is 1.36. The fraction of sp³-hybridized carbons (Fsp3) is 0.714. The Balaban J connectivity index is 2.46. The first-order valence-corrected chi connectivity index (χ1v) is 4.25. The predicted octanol–water partition coefficient (Wildman–Crippen LogP) is 1.29. The monoisotopic (exact) mass is 187 g/mol. The Bertz CT molecular complexity index is 280. The second-order valence-corrected chi connectivity index (χ2v) is 3.26. The second kappa shape index (κ2) is 4.37. The Morgan fingerprint density at radius 1 is 1.58 bits per heavy atom. The van der Waals surface area contributed by atoms with Gasteiger partial charge in [0.2, 0.25) is 4.77 Å². The summed E-state index contributed by atoms with van der Waals surface area (Å²) in [6, 6.07) is 0. The smallest absolute Gasteiger partial charge is 0.213 e. The summed E-state index contributed by atoms with van der Waals surface area (Å²) >= 11 is 4.82. The maximum atomic E-state index is 5.00. The fourth-order valence-corrected chi connectivity index (χ4v) is 1.24. The highest BCUT2D eigenvalue weighted by molar-refractivity contribution is 7.71. The van der Waals surface area contributed by atoms with Gasteiger partial charge in [0.15, 0.2) is 0 Å². The number of ether oxygens (including phenoxy) is 1. The van der Waals surface area contributed by atoms with E-state index in [0.717, 1.165) is 18.9 Å². The first-order chi connectivity index (χ1) is 5.72. The van der Waals surface area contributed by atoms with Gasteiger partial charge in [-0.05, 0) is 18.1 Å². The van der Waals surface area contributed by atoms with Crippen LogP contribution in [0.15, 0.2) is 0 Å². The number of H-pyrrole nitrogens is 2. The number of hydrogen-bond acceptors (Lipinski definition) is 3. The summed E-state index contributed by atoms with van der Waals surface area (Å²) in [7, 11) is 1.70. The number of methoxy groups -OCH3 is 1. The van der Waals surface area contributed by atoms with Gasteiger partial charge in [-0.1, -0.05) is 6.92 Å². The van der Waals surface area contributed by atoms with Crippen molar-refractivity contribution in [2.45, 2.75) is 13.3 Å². The highest BCUT2D eigenvalue weighted by atomic mass is 32.1. The number of aromatic amines is 2. The summed E-state index contributed by atoms with van der Waals surface area (Å²) in [4.78, 5) is 4.08. The summed E-state index contributed by atoms with van der Waals surface area (Å²) in [5.41, 5.74) is 0. The standard InChI is InChI=1S/C7H13N3OS/c1-5(4-11-2)3-6-8-7(12)10-9-6/h5H,3-4H2,1-2H3,(H2,8,9,10,12). The van der Waals surface area contributed by atoms with Crippen LogP contribution in [0.25, 0.3) is 0 Å². The minimum atomic E-state index is 0.462. The zero-order valence-corrected chi connectivity index (χ0v) is 8.07. The van der Waals surface area contributed by atoms with Crippen LogP contribution in [-0.4, -0.2) is 28.9 Å². The molecule has 0 bridgehead atoms. The highest BCUT2D eigenvalue weighted by Crippen LogP contribution is 2.02. The Hall–Kier alpha value is -0.680. The van der Waals surface area contributed by atoms with Crippen molar-refractivity contribution in [3.63, 3.8) is 0 Å². The molecule has 0 saturated heterocycles. The lowest BCUT2D eigenvalue weighted by Crippen LogP contribution is -2.07. The molecule has 0 fully saturated rings. The Kier molecular flexibility index (Phi) is 3.43. The van der Waals surface area contributed by atoms with Crippen LogP contribution in [0.3, 0.4) is 0 Å². The van der Waals surface area contributed by atoms with E-state index in [2.05, 4.69) is 22.1 Å². The number of nitrogens with zero attached hydrogens (tertiary/aromatic N) is 1. The van der Waals surface area contributed by atoms with Gasteiger partial charge in [0.25, 0.3) is 0 Å².